The Morgan fingerprint density at radius 1 is 1.16 bits per heavy atom. The molecule has 0 radical (unpaired) electrons. The summed E-state index contributed by atoms with van der Waals surface area (Å²) in [6, 6.07) is 10.2. The van der Waals surface area contributed by atoms with Gasteiger partial charge < -0.3 is 14.1 Å². The van der Waals surface area contributed by atoms with Crippen molar-refractivity contribution < 1.29 is 18.3 Å². The van der Waals surface area contributed by atoms with Gasteiger partial charge in [0.15, 0.2) is 5.43 Å². The molecule has 3 aromatic rings. The quantitative estimate of drug-likeness (QED) is 0.720. The first-order valence-corrected chi connectivity index (χ1v) is 7.69. The predicted molar refractivity (Wildman–Crippen MR) is 89.4 cm³/mol. The smallest absolute Gasteiger partial charge is 0.290 e. The molecule has 25 heavy (non-hydrogen) atoms. The van der Waals surface area contributed by atoms with Crippen molar-refractivity contribution in [2.24, 2.45) is 0 Å². The van der Waals surface area contributed by atoms with Gasteiger partial charge in [-0.2, -0.15) is 0 Å². The number of hydrogen-bond acceptors (Lipinski definition) is 4. The second kappa shape index (κ2) is 5.44. The number of hydrogen-bond donors (Lipinski definition) is 0. The molecule has 0 spiro atoms. The molecule has 1 aromatic heterocycles. The van der Waals surface area contributed by atoms with Gasteiger partial charge >= 0.3 is 0 Å². The maximum absolute atomic E-state index is 13.6. The van der Waals surface area contributed by atoms with Gasteiger partial charge in [-0.05, 0) is 24.3 Å². The number of nitrogens with zero attached hydrogens (tertiary/aromatic N) is 1. The first-order chi connectivity index (χ1) is 12.0. The average molecular weight is 339 g/mol. The molecular formula is C19H14FNO4. The molecule has 5 nitrogen and oxygen atoms in total. The van der Waals surface area contributed by atoms with Crippen molar-refractivity contribution in [3.8, 4) is 5.75 Å². The van der Waals surface area contributed by atoms with Gasteiger partial charge in [-0.15, -0.1) is 0 Å². The molecule has 2 aromatic carbocycles. The van der Waals surface area contributed by atoms with Crippen molar-refractivity contribution in [3.05, 3.63) is 75.4 Å². The van der Waals surface area contributed by atoms with E-state index in [1.165, 1.54) is 24.1 Å². The van der Waals surface area contributed by atoms with E-state index >= 15 is 0 Å². The third kappa shape index (κ3) is 2.14. The number of methoxy groups -OCH3 is 1. The summed E-state index contributed by atoms with van der Waals surface area (Å²) < 4.78 is 24.6. The summed E-state index contributed by atoms with van der Waals surface area (Å²) in [5.41, 5.74) is 0.648. The highest BCUT2D eigenvalue weighted by Gasteiger charge is 2.41. The largest absolute Gasteiger partial charge is 0.496 e. The lowest BCUT2D eigenvalue weighted by atomic mass is 9.98. The maximum Gasteiger partial charge on any atom is 0.290 e. The van der Waals surface area contributed by atoms with E-state index in [4.69, 9.17) is 9.15 Å². The molecule has 126 valence electrons. The van der Waals surface area contributed by atoms with Gasteiger partial charge in [-0.1, -0.05) is 18.2 Å². The van der Waals surface area contributed by atoms with E-state index in [1.54, 1.807) is 31.3 Å². The van der Waals surface area contributed by atoms with E-state index in [-0.39, 0.29) is 22.3 Å². The first kappa shape index (κ1) is 15.4. The van der Waals surface area contributed by atoms with Crippen LogP contribution >= 0.6 is 0 Å². The molecule has 2 heterocycles. The van der Waals surface area contributed by atoms with Crippen molar-refractivity contribution in [2.45, 2.75) is 6.04 Å². The Balaban J connectivity index is 2.06. The van der Waals surface area contributed by atoms with Gasteiger partial charge in [0, 0.05) is 12.6 Å². The standard InChI is InChI=1S/C19H14FNO4/c1-21-16(11-5-3-4-6-13(11)24-2)15-17(22)12-9-10(20)7-8-14(12)25-18(15)19(21)23/h3-9,16H,1-2H3/t16-/m0/s1. The van der Waals surface area contributed by atoms with Crippen LogP contribution in [0.5, 0.6) is 5.75 Å². The number of rotatable bonds is 2. The molecule has 0 bridgehead atoms. The van der Waals surface area contributed by atoms with Crippen molar-refractivity contribution in [1.29, 1.82) is 0 Å². The van der Waals surface area contributed by atoms with Crippen molar-refractivity contribution in [3.63, 3.8) is 0 Å². The van der Waals surface area contributed by atoms with Crippen LogP contribution in [0.3, 0.4) is 0 Å². The average Bonchev–Trinajstić information content (AvgIpc) is 2.87. The van der Waals surface area contributed by atoms with Gasteiger partial charge in [0.2, 0.25) is 5.76 Å². The minimum Gasteiger partial charge on any atom is -0.496 e. The number of para-hydroxylation sites is 1. The topological polar surface area (TPSA) is 59.8 Å². The molecule has 1 atom stereocenters. The summed E-state index contributed by atoms with van der Waals surface area (Å²) in [4.78, 5) is 27.1. The lowest BCUT2D eigenvalue weighted by molar-refractivity contribution is 0.0770. The van der Waals surface area contributed by atoms with Gasteiger partial charge in [-0.3, -0.25) is 9.59 Å². The van der Waals surface area contributed by atoms with E-state index in [0.717, 1.165) is 6.07 Å². The van der Waals surface area contributed by atoms with Crippen LogP contribution in [0.1, 0.15) is 27.7 Å². The Labute approximate surface area is 142 Å². The molecule has 6 heteroatoms. The highest BCUT2D eigenvalue weighted by atomic mass is 19.1. The number of carbonyl (C=O) groups excluding carboxylic acids is 1. The summed E-state index contributed by atoms with van der Waals surface area (Å²) in [6.45, 7) is 0. The van der Waals surface area contributed by atoms with Crippen molar-refractivity contribution in [1.82, 2.24) is 4.90 Å². The maximum atomic E-state index is 13.6. The Morgan fingerprint density at radius 3 is 2.68 bits per heavy atom. The molecule has 0 N–H and O–H groups in total. The molecule has 1 amide bonds. The Kier molecular flexibility index (Phi) is 3.35. The summed E-state index contributed by atoms with van der Waals surface area (Å²) in [6.07, 6.45) is 0. The van der Waals surface area contributed by atoms with Crippen molar-refractivity contribution in [2.75, 3.05) is 14.2 Å². The van der Waals surface area contributed by atoms with Gasteiger partial charge in [-0.25, -0.2) is 4.39 Å². The SMILES string of the molecule is COc1ccccc1[C@H]1c2c(oc3ccc(F)cc3c2=O)C(=O)N1C. The Hall–Kier alpha value is -3.15. The van der Waals surface area contributed by atoms with Crippen LogP contribution in [0.4, 0.5) is 4.39 Å². The predicted octanol–water partition coefficient (Wildman–Crippen LogP) is 3.12. The van der Waals surface area contributed by atoms with E-state index in [1.807, 2.05) is 0 Å². The number of halogens is 1. The third-order valence-corrected chi connectivity index (χ3v) is 4.50. The zero-order valence-electron chi connectivity index (χ0n) is 13.6. The Bertz CT molecular complexity index is 1070. The second-order valence-corrected chi connectivity index (χ2v) is 5.88. The monoisotopic (exact) mass is 339 g/mol. The molecule has 0 saturated heterocycles. The van der Waals surface area contributed by atoms with Crippen LogP contribution in [0.2, 0.25) is 0 Å². The molecule has 1 aliphatic heterocycles. The zero-order valence-corrected chi connectivity index (χ0v) is 13.6. The van der Waals surface area contributed by atoms with Crippen molar-refractivity contribution >= 4 is 16.9 Å². The summed E-state index contributed by atoms with van der Waals surface area (Å²) >= 11 is 0. The van der Waals surface area contributed by atoms with Gasteiger partial charge in [0.05, 0.1) is 24.1 Å². The molecule has 0 unspecified atom stereocenters. The van der Waals surface area contributed by atoms with E-state index < -0.39 is 23.2 Å². The Morgan fingerprint density at radius 2 is 1.92 bits per heavy atom. The van der Waals surface area contributed by atoms with E-state index in [0.29, 0.717) is 11.3 Å². The molecule has 1 aliphatic rings. The summed E-state index contributed by atoms with van der Waals surface area (Å²) in [5.74, 6) is -0.387. The highest BCUT2D eigenvalue weighted by Crippen LogP contribution is 2.40. The minimum absolute atomic E-state index is 0.0116. The van der Waals surface area contributed by atoms with Gasteiger partial charge in [0.1, 0.15) is 17.1 Å². The number of ether oxygens (including phenoxy) is 1. The van der Waals surface area contributed by atoms with Crippen LogP contribution in [-0.4, -0.2) is 25.0 Å². The fourth-order valence-corrected chi connectivity index (χ4v) is 3.32. The molecule has 4 rings (SSSR count). The fraction of sp³-hybridized carbons (Fsp3) is 0.158. The number of fused-ring (bicyclic) bond motifs is 2. The van der Waals surface area contributed by atoms with Crippen LogP contribution < -0.4 is 10.2 Å². The molecular weight excluding hydrogens is 325 g/mol. The number of amides is 1. The van der Waals surface area contributed by atoms with Gasteiger partial charge in [0.25, 0.3) is 5.91 Å². The minimum atomic E-state index is -0.650. The number of benzene rings is 2. The molecule has 0 aliphatic carbocycles. The van der Waals surface area contributed by atoms with Crippen LogP contribution in [-0.2, 0) is 0 Å². The third-order valence-electron chi connectivity index (χ3n) is 4.50. The van der Waals surface area contributed by atoms with E-state index in [9.17, 15) is 14.0 Å². The highest BCUT2D eigenvalue weighted by molar-refractivity contribution is 5.99. The van der Waals surface area contributed by atoms with E-state index in [2.05, 4.69) is 0 Å². The lowest BCUT2D eigenvalue weighted by Crippen LogP contribution is -2.25. The summed E-state index contributed by atoms with van der Waals surface area (Å²) in [5, 5.41) is 0.113. The molecule has 0 fully saturated rings. The van der Waals surface area contributed by atoms with Crippen LogP contribution in [0.15, 0.2) is 51.7 Å². The second-order valence-electron chi connectivity index (χ2n) is 5.88. The van der Waals surface area contributed by atoms with Crippen LogP contribution in [0.25, 0.3) is 11.0 Å². The summed E-state index contributed by atoms with van der Waals surface area (Å²) in [7, 11) is 3.12. The number of carbonyl (C=O) groups is 1. The fourth-order valence-electron chi connectivity index (χ4n) is 3.32. The lowest BCUT2D eigenvalue weighted by Gasteiger charge is -2.22. The first-order valence-electron chi connectivity index (χ1n) is 7.69. The normalized spacial score (nSPS) is 16.4. The van der Waals surface area contributed by atoms with Crippen LogP contribution in [0, 0.1) is 5.82 Å². The zero-order chi connectivity index (χ0) is 17.7. The molecule has 0 saturated carbocycles.